The van der Waals surface area contributed by atoms with E-state index in [1.54, 1.807) is 14.2 Å². The summed E-state index contributed by atoms with van der Waals surface area (Å²) in [4.78, 5) is 2.43. The van der Waals surface area contributed by atoms with E-state index in [0.717, 1.165) is 32.1 Å². The molecule has 1 N–H and O–H groups in total. The fraction of sp³-hybridized carbons (Fsp3) is 1.00. The Balaban J connectivity index is 1.56. The van der Waals surface area contributed by atoms with Gasteiger partial charge in [0.2, 0.25) is 0 Å². The summed E-state index contributed by atoms with van der Waals surface area (Å²) in [6.07, 6.45) is 6.20. The highest BCUT2D eigenvalue weighted by Gasteiger charge is 2.32. The van der Waals surface area contributed by atoms with Gasteiger partial charge in [0.15, 0.2) is 0 Å². The first kappa shape index (κ1) is 14.3. The predicted molar refractivity (Wildman–Crippen MR) is 72.9 cm³/mol. The molecule has 2 unspecified atom stereocenters. The number of ether oxygens (including phenoxy) is 2. The second kappa shape index (κ2) is 7.43. The van der Waals surface area contributed by atoms with Crippen LogP contribution >= 0.6 is 0 Å². The molecule has 0 aromatic heterocycles. The van der Waals surface area contributed by atoms with Crippen LogP contribution in [0.4, 0.5) is 0 Å². The van der Waals surface area contributed by atoms with Crippen molar-refractivity contribution in [2.24, 2.45) is 5.92 Å². The van der Waals surface area contributed by atoms with E-state index in [4.69, 9.17) is 9.47 Å². The summed E-state index contributed by atoms with van der Waals surface area (Å²) in [5, 5.41) is 3.60. The zero-order chi connectivity index (χ0) is 12.8. The lowest BCUT2D eigenvalue weighted by Gasteiger charge is -2.16. The zero-order valence-electron chi connectivity index (χ0n) is 11.9. The van der Waals surface area contributed by atoms with Gasteiger partial charge in [0, 0.05) is 40.4 Å². The highest BCUT2D eigenvalue weighted by atomic mass is 16.5. The number of hydrogen-bond donors (Lipinski definition) is 1. The molecular formula is C14H28N2O2. The maximum atomic E-state index is 5.45. The van der Waals surface area contributed by atoms with Gasteiger partial charge in [-0.1, -0.05) is 12.8 Å². The Morgan fingerprint density at radius 1 is 1.06 bits per heavy atom. The molecular weight excluding hydrogens is 228 g/mol. The summed E-state index contributed by atoms with van der Waals surface area (Å²) < 4.78 is 10.9. The Bertz CT molecular complexity index is 220. The van der Waals surface area contributed by atoms with E-state index in [1.165, 1.54) is 32.2 Å². The maximum Gasteiger partial charge on any atom is 0.0971 e. The molecule has 0 spiro atoms. The molecule has 0 aromatic rings. The number of nitrogens with one attached hydrogen (secondary N) is 1. The monoisotopic (exact) mass is 256 g/mol. The molecule has 1 saturated heterocycles. The highest BCUT2D eigenvalue weighted by molar-refractivity contribution is 4.85. The van der Waals surface area contributed by atoms with E-state index < -0.39 is 0 Å². The van der Waals surface area contributed by atoms with Crippen molar-refractivity contribution in [3.8, 4) is 0 Å². The average Bonchev–Trinajstić information content (AvgIpc) is 3.03. The van der Waals surface area contributed by atoms with E-state index in [-0.39, 0.29) is 12.2 Å². The van der Waals surface area contributed by atoms with Crippen molar-refractivity contribution in [2.45, 2.75) is 37.9 Å². The number of hydrogen-bond acceptors (Lipinski definition) is 4. The largest absolute Gasteiger partial charge is 0.377 e. The third-order valence-corrected chi connectivity index (χ3v) is 4.41. The van der Waals surface area contributed by atoms with Gasteiger partial charge in [0.1, 0.15) is 0 Å². The minimum Gasteiger partial charge on any atom is -0.377 e. The molecule has 2 atom stereocenters. The van der Waals surface area contributed by atoms with E-state index in [2.05, 4.69) is 10.2 Å². The van der Waals surface area contributed by atoms with Crippen LogP contribution in [-0.2, 0) is 9.47 Å². The van der Waals surface area contributed by atoms with Gasteiger partial charge in [-0.15, -0.1) is 0 Å². The summed E-state index contributed by atoms with van der Waals surface area (Å²) in [5.41, 5.74) is 0. The van der Waals surface area contributed by atoms with Crippen molar-refractivity contribution in [1.82, 2.24) is 10.2 Å². The topological polar surface area (TPSA) is 33.7 Å². The van der Waals surface area contributed by atoms with E-state index in [0.29, 0.717) is 0 Å². The number of rotatable bonds is 7. The predicted octanol–water partition coefficient (Wildman–Crippen LogP) is 1.11. The highest BCUT2D eigenvalue weighted by Crippen LogP contribution is 2.23. The first-order valence-electron chi connectivity index (χ1n) is 7.32. The van der Waals surface area contributed by atoms with Crippen LogP contribution < -0.4 is 5.32 Å². The van der Waals surface area contributed by atoms with Crippen molar-refractivity contribution >= 4 is 0 Å². The quantitative estimate of drug-likeness (QED) is 0.692. The number of methoxy groups -OCH3 is 2. The molecule has 18 heavy (non-hydrogen) atoms. The molecule has 0 radical (unpaired) electrons. The lowest BCUT2D eigenvalue weighted by atomic mass is 10.1. The third kappa shape index (κ3) is 3.92. The van der Waals surface area contributed by atoms with Crippen molar-refractivity contribution in [1.29, 1.82) is 0 Å². The molecule has 0 amide bonds. The van der Waals surface area contributed by atoms with Gasteiger partial charge in [0.05, 0.1) is 12.2 Å². The average molecular weight is 256 g/mol. The Morgan fingerprint density at radius 2 is 1.67 bits per heavy atom. The number of nitrogens with zero attached hydrogens (tertiary/aromatic N) is 1. The summed E-state index contributed by atoms with van der Waals surface area (Å²) in [6, 6.07) is 0. The van der Waals surface area contributed by atoms with Gasteiger partial charge in [-0.05, 0) is 25.3 Å². The molecule has 1 saturated carbocycles. The van der Waals surface area contributed by atoms with Gasteiger partial charge < -0.3 is 14.8 Å². The molecule has 1 heterocycles. The summed E-state index contributed by atoms with van der Waals surface area (Å²) in [7, 11) is 3.55. The fourth-order valence-corrected chi connectivity index (χ4v) is 3.21. The minimum atomic E-state index is 0.241. The zero-order valence-corrected chi connectivity index (χ0v) is 11.9. The smallest absolute Gasteiger partial charge is 0.0971 e. The van der Waals surface area contributed by atoms with Crippen molar-refractivity contribution in [3.63, 3.8) is 0 Å². The summed E-state index contributed by atoms with van der Waals surface area (Å²) in [6.45, 7) is 5.39. The molecule has 1 aliphatic carbocycles. The molecule has 1 aliphatic heterocycles. The SMILES string of the molecule is COC1CN(CCNCC2CCCC2)CC1OC. The second-order valence-corrected chi connectivity index (χ2v) is 5.66. The van der Waals surface area contributed by atoms with Crippen molar-refractivity contribution in [2.75, 3.05) is 46.9 Å². The fourth-order valence-electron chi connectivity index (χ4n) is 3.21. The Labute approximate surface area is 111 Å². The van der Waals surface area contributed by atoms with E-state index in [9.17, 15) is 0 Å². The van der Waals surface area contributed by atoms with Crippen LogP contribution in [0.15, 0.2) is 0 Å². The van der Waals surface area contributed by atoms with Crippen molar-refractivity contribution in [3.05, 3.63) is 0 Å². The Morgan fingerprint density at radius 3 is 2.22 bits per heavy atom. The molecule has 4 nitrogen and oxygen atoms in total. The van der Waals surface area contributed by atoms with Crippen LogP contribution in [0.5, 0.6) is 0 Å². The minimum absolute atomic E-state index is 0.241. The summed E-state index contributed by atoms with van der Waals surface area (Å²) in [5.74, 6) is 0.932. The van der Waals surface area contributed by atoms with Gasteiger partial charge in [0.25, 0.3) is 0 Å². The van der Waals surface area contributed by atoms with Crippen LogP contribution in [0.3, 0.4) is 0 Å². The molecule has 106 valence electrons. The Kier molecular flexibility index (Phi) is 5.89. The van der Waals surface area contributed by atoms with Crippen LogP contribution in [0, 0.1) is 5.92 Å². The number of likely N-dealkylation sites (tertiary alicyclic amines) is 1. The third-order valence-electron chi connectivity index (χ3n) is 4.41. The van der Waals surface area contributed by atoms with Gasteiger partial charge in [-0.3, -0.25) is 4.90 Å². The second-order valence-electron chi connectivity index (χ2n) is 5.66. The molecule has 2 rings (SSSR count). The standard InChI is InChI=1S/C14H28N2O2/c1-17-13-10-16(11-14(13)18-2)8-7-15-9-12-5-3-4-6-12/h12-15H,3-11H2,1-2H3. The van der Waals surface area contributed by atoms with Crippen molar-refractivity contribution < 1.29 is 9.47 Å². The molecule has 0 bridgehead atoms. The van der Waals surface area contributed by atoms with Crippen LogP contribution in [-0.4, -0.2) is 64.1 Å². The molecule has 4 heteroatoms. The maximum absolute atomic E-state index is 5.45. The molecule has 2 aliphatic rings. The Hall–Kier alpha value is -0.160. The van der Waals surface area contributed by atoms with E-state index >= 15 is 0 Å². The van der Waals surface area contributed by atoms with Gasteiger partial charge in [-0.2, -0.15) is 0 Å². The van der Waals surface area contributed by atoms with Gasteiger partial charge >= 0.3 is 0 Å². The lowest BCUT2D eigenvalue weighted by Crippen LogP contribution is -2.33. The summed E-state index contributed by atoms with van der Waals surface area (Å²) >= 11 is 0. The van der Waals surface area contributed by atoms with Crippen LogP contribution in [0.2, 0.25) is 0 Å². The van der Waals surface area contributed by atoms with Crippen LogP contribution in [0.25, 0.3) is 0 Å². The first-order valence-corrected chi connectivity index (χ1v) is 7.32. The van der Waals surface area contributed by atoms with E-state index in [1.807, 2.05) is 0 Å². The van der Waals surface area contributed by atoms with Crippen LogP contribution in [0.1, 0.15) is 25.7 Å². The lowest BCUT2D eigenvalue weighted by molar-refractivity contribution is -0.00461. The first-order chi connectivity index (χ1) is 8.83. The van der Waals surface area contributed by atoms with Gasteiger partial charge in [-0.25, -0.2) is 0 Å². The molecule has 0 aromatic carbocycles. The normalized spacial score (nSPS) is 30.3. The molecule has 2 fully saturated rings.